The van der Waals surface area contributed by atoms with E-state index in [4.69, 9.17) is 14.2 Å². The SMILES string of the molecule is CCOc1ccc(C2/C(=C(\O)c3ccc(F)cc3)C(=O)C(=O)N2CCCOC)cc1OCC. The lowest BCUT2D eigenvalue weighted by Gasteiger charge is -2.26. The maximum absolute atomic E-state index is 13.4. The Balaban J connectivity index is 2.15. The molecule has 2 aromatic carbocycles. The average Bonchev–Trinajstić information content (AvgIpc) is 3.06. The molecule has 0 saturated carbocycles. The molecule has 0 radical (unpaired) electrons. The number of amides is 1. The van der Waals surface area contributed by atoms with Gasteiger partial charge in [0.15, 0.2) is 11.5 Å². The summed E-state index contributed by atoms with van der Waals surface area (Å²) in [5.41, 5.74) is 0.769. The van der Waals surface area contributed by atoms with E-state index in [0.717, 1.165) is 0 Å². The van der Waals surface area contributed by atoms with E-state index in [1.807, 2.05) is 13.8 Å². The van der Waals surface area contributed by atoms with Crippen molar-refractivity contribution in [3.8, 4) is 11.5 Å². The van der Waals surface area contributed by atoms with Crippen LogP contribution in [0.25, 0.3) is 5.76 Å². The summed E-state index contributed by atoms with van der Waals surface area (Å²) < 4.78 is 29.8. The molecule has 0 bridgehead atoms. The van der Waals surface area contributed by atoms with Crippen LogP contribution in [0.15, 0.2) is 48.0 Å². The van der Waals surface area contributed by atoms with E-state index < -0.39 is 23.5 Å². The quantitative estimate of drug-likeness (QED) is 0.250. The van der Waals surface area contributed by atoms with Crippen LogP contribution in [0.3, 0.4) is 0 Å². The van der Waals surface area contributed by atoms with Gasteiger partial charge in [-0.1, -0.05) is 6.07 Å². The number of carbonyl (C=O) groups is 2. The molecule has 1 unspecified atom stereocenters. The number of methoxy groups -OCH3 is 1. The Morgan fingerprint density at radius 2 is 1.70 bits per heavy atom. The number of aliphatic hydroxyl groups is 1. The molecule has 1 aliphatic rings. The molecule has 1 amide bonds. The Morgan fingerprint density at radius 1 is 1.03 bits per heavy atom. The maximum atomic E-state index is 13.4. The number of aliphatic hydroxyl groups excluding tert-OH is 1. The molecule has 176 valence electrons. The highest BCUT2D eigenvalue weighted by Crippen LogP contribution is 2.42. The smallest absolute Gasteiger partial charge is 0.295 e. The molecule has 0 aromatic heterocycles. The maximum Gasteiger partial charge on any atom is 0.295 e. The van der Waals surface area contributed by atoms with Crippen molar-refractivity contribution in [2.75, 3.05) is 33.5 Å². The van der Waals surface area contributed by atoms with Crippen LogP contribution >= 0.6 is 0 Å². The Hall–Kier alpha value is -3.39. The van der Waals surface area contributed by atoms with Crippen LogP contribution in [0.1, 0.15) is 37.4 Å². The summed E-state index contributed by atoms with van der Waals surface area (Å²) in [7, 11) is 1.56. The standard InChI is InChI=1S/C25H28FNO6/c1-4-32-19-12-9-17(15-20(19)33-5-2)22-21(23(28)16-7-10-18(26)11-8-16)24(29)25(30)27(22)13-6-14-31-3/h7-12,15,22,28H,4-6,13-14H2,1-3H3/b23-21+. The summed E-state index contributed by atoms with van der Waals surface area (Å²) in [6.07, 6.45) is 0.506. The van der Waals surface area contributed by atoms with Crippen molar-refractivity contribution >= 4 is 17.4 Å². The van der Waals surface area contributed by atoms with Gasteiger partial charge in [0.25, 0.3) is 11.7 Å². The molecule has 7 nitrogen and oxygen atoms in total. The molecule has 1 saturated heterocycles. The van der Waals surface area contributed by atoms with Crippen molar-refractivity contribution < 1.29 is 33.3 Å². The minimum atomic E-state index is -0.846. The van der Waals surface area contributed by atoms with Gasteiger partial charge in [-0.15, -0.1) is 0 Å². The third-order valence-corrected chi connectivity index (χ3v) is 5.29. The number of rotatable bonds is 10. The fourth-order valence-electron chi connectivity index (χ4n) is 3.84. The van der Waals surface area contributed by atoms with Gasteiger partial charge >= 0.3 is 0 Å². The predicted octanol–water partition coefficient (Wildman–Crippen LogP) is 4.08. The lowest BCUT2D eigenvalue weighted by molar-refractivity contribution is -0.140. The zero-order valence-corrected chi connectivity index (χ0v) is 19.0. The van der Waals surface area contributed by atoms with Crippen LogP contribution < -0.4 is 9.47 Å². The van der Waals surface area contributed by atoms with Crippen LogP contribution in [0.2, 0.25) is 0 Å². The van der Waals surface area contributed by atoms with E-state index in [1.54, 1.807) is 25.3 Å². The Bertz CT molecular complexity index is 1030. The largest absolute Gasteiger partial charge is 0.507 e. The Kier molecular flexibility index (Phi) is 8.06. The molecule has 33 heavy (non-hydrogen) atoms. The van der Waals surface area contributed by atoms with E-state index in [9.17, 15) is 19.1 Å². The van der Waals surface area contributed by atoms with E-state index in [-0.39, 0.29) is 23.4 Å². The molecule has 1 aliphatic heterocycles. The van der Waals surface area contributed by atoms with E-state index in [1.165, 1.54) is 29.2 Å². The first-order valence-electron chi connectivity index (χ1n) is 10.9. The van der Waals surface area contributed by atoms with Gasteiger partial charge in [-0.25, -0.2) is 4.39 Å². The molecular weight excluding hydrogens is 429 g/mol. The highest BCUT2D eigenvalue weighted by atomic mass is 19.1. The number of ether oxygens (including phenoxy) is 3. The number of ketones is 1. The summed E-state index contributed by atoms with van der Waals surface area (Å²) in [6, 6.07) is 9.43. The predicted molar refractivity (Wildman–Crippen MR) is 121 cm³/mol. The molecule has 1 heterocycles. The molecule has 0 spiro atoms. The van der Waals surface area contributed by atoms with Crippen molar-refractivity contribution in [2.45, 2.75) is 26.3 Å². The number of likely N-dealkylation sites (tertiary alicyclic amines) is 1. The lowest BCUT2D eigenvalue weighted by atomic mass is 9.95. The Labute approximate surface area is 192 Å². The first kappa shape index (κ1) is 24.3. The van der Waals surface area contributed by atoms with Crippen molar-refractivity contribution in [3.63, 3.8) is 0 Å². The van der Waals surface area contributed by atoms with Gasteiger partial charge in [-0.2, -0.15) is 0 Å². The summed E-state index contributed by atoms with van der Waals surface area (Å²) in [6.45, 7) is 5.19. The van der Waals surface area contributed by atoms with Gasteiger partial charge in [-0.3, -0.25) is 9.59 Å². The second kappa shape index (κ2) is 11.0. The third kappa shape index (κ3) is 5.17. The normalized spacial score (nSPS) is 17.5. The van der Waals surface area contributed by atoms with Crippen LogP contribution in [0.5, 0.6) is 11.5 Å². The molecular formula is C25H28FNO6. The number of Topliss-reactive ketones (excluding diaryl/α,β-unsaturated/α-hetero) is 1. The molecule has 1 N–H and O–H groups in total. The number of carbonyl (C=O) groups excluding carboxylic acids is 2. The van der Waals surface area contributed by atoms with Crippen LogP contribution in [-0.4, -0.2) is 55.2 Å². The highest BCUT2D eigenvalue weighted by molar-refractivity contribution is 6.46. The van der Waals surface area contributed by atoms with Gasteiger partial charge in [-0.05, 0) is 62.2 Å². The number of nitrogens with zero attached hydrogens (tertiary/aromatic N) is 1. The molecule has 1 fully saturated rings. The summed E-state index contributed by atoms with van der Waals surface area (Å²) in [4.78, 5) is 27.4. The number of hydrogen-bond donors (Lipinski definition) is 1. The van der Waals surface area contributed by atoms with Crippen LogP contribution in [-0.2, 0) is 14.3 Å². The molecule has 2 aromatic rings. The van der Waals surface area contributed by atoms with Gasteiger partial charge in [0.2, 0.25) is 0 Å². The summed E-state index contributed by atoms with van der Waals surface area (Å²) >= 11 is 0. The van der Waals surface area contributed by atoms with Crippen LogP contribution in [0.4, 0.5) is 4.39 Å². The van der Waals surface area contributed by atoms with Crippen molar-refractivity contribution in [1.82, 2.24) is 4.90 Å². The van der Waals surface area contributed by atoms with Gasteiger partial charge in [0.05, 0.1) is 24.8 Å². The molecule has 0 aliphatic carbocycles. The summed E-state index contributed by atoms with van der Waals surface area (Å²) in [5, 5.41) is 11.0. The number of benzene rings is 2. The minimum Gasteiger partial charge on any atom is -0.507 e. The van der Waals surface area contributed by atoms with Gasteiger partial charge < -0.3 is 24.2 Å². The van der Waals surface area contributed by atoms with E-state index in [2.05, 4.69) is 0 Å². The van der Waals surface area contributed by atoms with E-state index in [0.29, 0.717) is 43.3 Å². The first-order valence-corrected chi connectivity index (χ1v) is 10.9. The second-order valence-electron chi connectivity index (χ2n) is 7.42. The van der Waals surface area contributed by atoms with Crippen molar-refractivity contribution in [3.05, 3.63) is 65.0 Å². The van der Waals surface area contributed by atoms with Gasteiger partial charge in [0, 0.05) is 25.8 Å². The monoisotopic (exact) mass is 457 g/mol. The minimum absolute atomic E-state index is 0.0596. The third-order valence-electron chi connectivity index (χ3n) is 5.29. The first-order chi connectivity index (χ1) is 15.9. The average molecular weight is 457 g/mol. The second-order valence-corrected chi connectivity index (χ2v) is 7.42. The lowest BCUT2D eigenvalue weighted by Crippen LogP contribution is -2.31. The molecule has 1 atom stereocenters. The highest BCUT2D eigenvalue weighted by Gasteiger charge is 2.46. The topological polar surface area (TPSA) is 85.3 Å². The fourth-order valence-corrected chi connectivity index (χ4v) is 3.84. The molecule has 8 heteroatoms. The van der Waals surface area contributed by atoms with E-state index >= 15 is 0 Å². The number of halogens is 1. The van der Waals surface area contributed by atoms with Gasteiger partial charge in [0.1, 0.15) is 11.6 Å². The fraction of sp³-hybridized carbons (Fsp3) is 0.360. The van der Waals surface area contributed by atoms with Crippen LogP contribution in [0, 0.1) is 5.82 Å². The number of hydrogen-bond acceptors (Lipinski definition) is 6. The molecule has 3 rings (SSSR count). The Morgan fingerprint density at radius 3 is 2.33 bits per heavy atom. The summed E-state index contributed by atoms with van der Waals surface area (Å²) in [5.74, 6) is -1.34. The zero-order chi connectivity index (χ0) is 24.0. The van der Waals surface area contributed by atoms with Crippen molar-refractivity contribution in [1.29, 1.82) is 0 Å². The zero-order valence-electron chi connectivity index (χ0n) is 19.0. The van der Waals surface area contributed by atoms with Crippen molar-refractivity contribution in [2.24, 2.45) is 0 Å².